The number of anilines is 2. The van der Waals surface area contributed by atoms with Gasteiger partial charge in [0.15, 0.2) is 0 Å². The first-order chi connectivity index (χ1) is 14.6. The van der Waals surface area contributed by atoms with Crippen molar-refractivity contribution in [3.8, 4) is 0 Å². The van der Waals surface area contributed by atoms with Gasteiger partial charge in [0, 0.05) is 51.2 Å². The number of aliphatic imine (C=N–C) groups is 1. The van der Waals surface area contributed by atoms with Crippen molar-refractivity contribution in [2.75, 3.05) is 36.4 Å². The maximum Gasteiger partial charge on any atom is 0.257 e. The molecule has 1 aromatic heterocycles. The van der Waals surface area contributed by atoms with Crippen LogP contribution in [0.1, 0.15) is 48.5 Å². The summed E-state index contributed by atoms with van der Waals surface area (Å²) in [5.74, 6) is 1.48. The van der Waals surface area contributed by atoms with Crippen molar-refractivity contribution in [3.05, 3.63) is 66.1 Å². The minimum Gasteiger partial charge on any atom is -0.366 e. The van der Waals surface area contributed by atoms with E-state index in [0.29, 0.717) is 11.5 Å². The maximum atomic E-state index is 12.7. The molecule has 4 rings (SSSR count). The molecule has 1 N–H and O–H groups in total. The van der Waals surface area contributed by atoms with E-state index in [2.05, 4.69) is 57.1 Å². The van der Waals surface area contributed by atoms with Gasteiger partial charge in [-0.1, -0.05) is 26.0 Å². The quantitative estimate of drug-likeness (QED) is 0.828. The van der Waals surface area contributed by atoms with Gasteiger partial charge in [-0.25, -0.2) is 4.99 Å². The lowest BCUT2D eigenvalue weighted by Crippen LogP contribution is -2.49. The molecule has 0 spiro atoms. The van der Waals surface area contributed by atoms with Gasteiger partial charge in [-0.05, 0) is 42.2 Å². The highest BCUT2D eigenvalue weighted by Crippen LogP contribution is 2.31. The van der Waals surface area contributed by atoms with Crippen molar-refractivity contribution in [1.82, 2.24) is 9.88 Å². The summed E-state index contributed by atoms with van der Waals surface area (Å²) in [4.78, 5) is 26.1. The summed E-state index contributed by atoms with van der Waals surface area (Å²) in [5.41, 5.74) is 3.77. The van der Waals surface area contributed by atoms with Crippen LogP contribution in [-0.2, 0) is 0 Å². The number of benzene rings is 1. The molecule has 1 fully saturated rings. The highest BCUT2D eigenvalue weighted by atomic mass is 16.1. The Labute approximate surface area is 178 Å². The van der Waals surface area contributed by atoms with Crippen LogP contribution in [-0.4, -0.2) is 47.8 Å². The molecule has 2 aliphatic heterocycles. The fourth-order valence-electron chi connectivity index (χ4n) is 3.90. The molecule has 0 radical (unpaired) electrons. The second-order valence-corrected chi connectivity index (χ2v) is 8.07. The fourth-order valence-corrected chi connectivity index (χ4v) is 3.90. The predicted molar refractivity (Wildman–Crippen MR) is 122 cm³/mol. The molecule has 0 saturated carbocycles. The average Bonchev–Trinajstić information content (AvgIpc) is 2.80. The molecule has 156 valence electrons. The van der Waals surface area contributed by atoms with E-state index in [4.69, 9.17) is 0 Å². The van der Waals surface area contributed by atoms with Gasteiger partial charge in [0.05, 0.1) is 16.9 Å². The molecular formula is C24H29N5O. The van der Waals surface area contributed by atoms with Crippen LogP contribution in [0, 0.1) is 0 Å². The Bertz CT molecular complexity index is 943. The molecule has 1 aromatic carbocycles. The summed E-state index contributed by atoms with van der Waals surface area (Å²) in [6, 6.07) is 9.91. The standard InChI is InChI=1S/C24H29N5O/c1-18(2)19-8-9-21(27-24(30)20-6-5-10-25-17-20)22(16-19)28-12-14-29(15-13-28)23-7-3-4-11-26-23/h4-6,8-11,16-18H,3,7,12-15H2,1-2H3,(H,27,30). The number of carbonyl (C=O) groups is 1. The lowest BCUT2D eigenvalue weighted by Gasteiger charge is -2.39. The third-order valence-corrected chi connectivity index (χ3v) is 5.71. The molecule has 0 unspecified atom stereocenters. The number of allylic oxidation sites excluding steroid dienone is 1. The van der Waals surface area contributed by atoms with E-state index in [1.54, 1.807) is 24.5 Å². The number of piperazine rings is 1. The number of amidine groups is 1. The molecule has 0 bridgehead atoms. The number of nitrogens with one attached hydrogen (secondary N) is 1. The highest BCUT2D eigenvalue weighted by Gasteiger charge is 2.23. The summed E-state index contributed by atoms with van der Waals surface area (Å²) < 4.78 is 0. The minimum absolute atomic E-state index is 0.136. The molecule has 0 atom stereocenters. The third-order valence-electron chi connectivity index (χ3n) is 5.71. The van der Waals surface area contributed by atoms with Gasteiger partial charge in [-0.15, -0.1) is 0 Å². The summed E-state index contributed by atoms with van der Waals surface area (Å²) in [6.07, 6.45) is 9.39. The van der Waals surface area contributed by atoms with E-state index in [1.807, 2.05) is 12.3 Å². The van der Waals surface area contributed by atoms with Crippen molar-refractivity contribution < 1.29 is 4.79 Å². The first kappa shape index (κ1) is 20.1. The Morgan fingerprint density at radius 2 is 1.90 bits per heavy atom. The smallest absolute Gasteiger partial charge is 0.257 e. The molecule has 1 amide bonds. The fraction of sp³-hybridized carbons (Fsp3) is 0.375. The number of rotatable bonds is 4. The molecule has 6 heteroatoms. The Morgan fingerprint density at radius 1 is 1.10 bits per heavy atom. The maximum absolute atomic E-state index is 12.7. The Balaban J connectivity index is 1.53. The van der Waals surface area contributed by atoms with Gasteiger partial charge in [-0.2, -0.15) is 0 Å². The van der Waals surface area contributed by atoms with Crippen LogP contribution in [0.15, 0.2) is 60.0 Å². The lowest BCUT2D eigenvalue weighted by atomic mass is 10.0. The third kappa shape index (κ3) is 4.53. The molecule has 1 saturated heterocycles. The van der Waals surface area contributed by atoms with E-state index < -0.39 is 0 Å². The SMILES string of the molecule is CC(C)c1ccc(NC(=O)c2cccnc2)c(N2CCN(C3=NC=CCC3)CC2)c1. The molecule has 2 aromatic rings. The molecule has 3 heterocycles. The van der Waals surface area contributed by atoms with Gasteiger partial charge >= 0.3 is 0 Å². The summed E-state index contributed by atoms with van der Waals surface area (Å²) in [5, 5.41) is 3.10. The lowest BCUT2D eigenvalue weighted by molar-refractivity contribution is 0.102. The molecule has 2 aliphatic rings. The Kier molecular flexibility index (Phi) is 6.12. The normalized spacial score (nSPS) is 16.6. The van der Waals surface area contributed by atoms with E-state index in [-0.39, 0.29) is 5.91 Å². The van der Waals surface area contributed by atoms with E-state index in [0.717, 1.165) is 50.4 Å². The largest absolute Gasteiger partial charge is 0.366 e. The Morgan fingerprint density at radius 3 is 2.57 bits per heavy atom. The van der Waals surface area contributed by atoms with Crippen molar-refractivity contribution >= 4 is 23.1 Å². The number of hydrogen-bond acceptors (Lipinski definition) is 5. The molecular weight excluding hydrogens is 374 g/mol. The molecule has 0 aliphatic carbocycles. The highest BCUT2D eigenvalue weighted by molar-refractivity contribution is 6.05. The summed E-state index contributed by atoms with van der Waals surface area (Å²) >= 11 is 0. The number of nitrogens with zero attached hydrogens (tertiary/aromatic N) is 4. The molecule has 6 nitrogen and oxygen atoms in total. The number of carbonyl (C=O) groups excluding carboxylic acids is 1. The zero-order valence-electron chi connectivity index (χ0n) is 17.7. The van der Waals surface area contributed by atoms with Crippen molar-refractivity contribution in [3.63, 3.8) is 0 Å². The predicted octanol–water partition coefficient (Wildman–Crippen LogP) is 4.29. The summed E-state index contributed by atoms with van der Waals surface area (Å²) in [7, 11) is 0. The van der Waals surface area contributed by atoms with Gasteiger partial charge in [0.2, 0.25) is 0 Å². The number of pyridine rings is 1. The van der Waals surface area contributed by atoms with Crippen LogP contribution < -0.4 is 10.2 Å². The van der Waals surface area contributed by atoms with Crippen LogP contribution in [0.3, 0.4) is 0 Å². The second-order valence-electron chi connectivity index (χ2n) is 8.07. The van der Waals surface area contributed by atoms with Gasteiger partial charge in [0.1, 0.15) is 5.84 Å². The first-order valence-corrected chi connectivity index (χ1v) is 10.7. The van der Waals surface area contributed by atoms with Crippen molar-refractivity contribution in [1.29, 1.82) is 0 Å². The van der Waals surface area contributed by atoms with E-state index >= 15 is 0 Å². The second kappa shape index (κ2) is 9.11. The Hall–Kier alpha value is -3.15. The number of hydrogen-bond donors (Lipinski definition) is 1. The first-order valence-electron chi connectivity index (χ1n) is 10.7. The zero-order chi connectivity index (χ0) is 20.9. The zero-order valence-corrected chi connectivity index (χ0v) is 17.7. The van der Waals surface area contributed by atoms with Crippen LogP contribution in [0.4, 0.5) is 11.4 Å². The van der Waals surface area contributed by atoms with Gasteiger partial charge in [-0.3, -0.25) is 9.78 Å². The topological polar surface area (TPSA) is 60.8 Å². The van der Waals surface area contributed by atoms with Gasteiger partial charge in [0.25, 0.3) is 5.91 Å². The summed E-state index contributed by atoms with van der Waals surface area (Å²) in [6.45, 7) is 8.07. The number of amides is 1. The van der Waals surface area contributed by atoms with Crippen LogP contribution in [0.25, 0.3) is 0 Å². The van der Waals surface area contributed by atoms with Crippen LogP contribution >= 0.6 is 0 Å². The molecule has 30 heavy (non-hydrogen) atoms. The van der Waals surface area contributed by atoms with E-state index in [1.165, 1.54) is 11.4 Å². The minimum atomic E-state index is -0.136. The average molecular weight is 404 g/mol. The monoisotopic (exact) mass is 403 g/mol. The van der Waals surface area contributed by atoms with Gasteiger partial charge < -0.3 is 15.1 Å². The van der Waals surface area contributed by atoms with Crippen LogP contribution in [0.5, 0.6) is 0 Å². The van der Waals surface area contributed by atoms with Crippen molar-refractivity contribution in [2.45, 2.75) is 32.6 Å². The number of aromatic nitrogens is 1. The van der Waals surface area contributed by atoms with E-state index in [9.17, 15) is 4.79 Å². The van der Waals surface area contributed by atoms with Crippen LogP contribution in [0.2, 0.25) is 0 Å². The van der Waals surface area contributed by atoms with Crippen molar-refractivity contribution in [2.24, 2.45) is 4.99 Å².